The fourth-order valence-corrected chi connectivity index (χ4v) is 11.0. The average molecular weight is 798 g/mol. The summed E-state index contributed by atoms with van der Waals surface area (Å²) in [7, 11) is 0. The SMILES string of the molecule is O=C(O)[C@@H](C(c1csc2ccccc12)c1csc2ccccc12)N(C(=O)OCC1c2ccccc2-c2ccccc21)C(=O)OCC1c2ccccc2-c2ccccc21. The standard InChI is InChI=1S/C49H35NO6S2/c51-47(52)46(45(41-27-57-43-23-11-9-21-37(41)43)42-28-58-44-24-12-10-22-38(42)44)50(48(53)55-25-39-33-17-5-1-13-29(33)30-14-2-6-18-34(30)39)49(54)56-26-40-35-19-7-3-15-31(35)32-16-4-8-20-36(32)40/h1-24,27-28,39-40,45-46H,25-26H2,(H,51,52)/t46-/m1/s1. The smallest absolute Gasteiger partial charge is 0.420 e. The van der Waals surface area contributed by atoms with Crippen molar-refractivity contribution in [2.75, 3.05) is 13.2 Å². The molecule has 0 unspecified atom stereocenters. The van der Waals surface area contributed by atoms with Crippen molar-refractivity contribution in [2.45, 2.75) is 23.8 Å². The number of carbonyl (C=O) groups is 3. The van der Waals surface area contributed by atoms with E-state index in [2.05, 4.69) is 0 Å². The van der Waals surface area contributed by atoms with Gasteiger partial charge in [0, 0.05) is 27.2 Å². The summed E-state index contributed by atoms with van der Waals surface area (Å²) in [5, 5.41) is 16.9. The van der Waals surface area contributed by atoms with Gasteiger partial charge in [0.15, 0.2) is 6.04 Å². The number of ether oxygens (including phenoxy) is 2. The number of aliphatic carboxylic acids is 1. The molecule has 0 bridgehead atoms. The Morgan fingerprint density at radius 3 is 1.24 bits per heavy atom. The number of fused-ring (bicyclic) bond motifs is 8. The minimum Gasteiger partial charge on any atom is -0.480 e. The van der Waals surface area contributed by atoms with Crippen LogP contribution in [0.1, 0.15) is 51.1 Å². The summed E-state index contributed by atoms with van der Waals surface area (Å²) in [5.41, 5.74) is 9.54. The maximum absolute atomic E-state index is 14.8. The number of carbonyl (C=O) groups excluding carboxylic acids is 2. The molecular formula is C49H35NO6S2. The van der Waals surface area contributed by atoms with E-state index in [0.29, 0.717) is 16.0 Å². The summed E-state index contributed by atoms with van der Waals surface area (Å²) in [6, 6.07) is 45.7. The largest absolute Gasteiger partial charge is 0.480 e. The molecule has 0 radical (unpaired) electrons. The van der Waals surface area contributed by atoms with Gasteiger partial charge in [0.05, 0.1) is 0 Å². The summed E-state index contributed by atoms with van der Waals surface area (Å²) in [5.74, 6) is -2.97. The first-order chi connectivity index (χ1) is 28.5. The number of imide groups is 1. The van der Waals surface area contributed by atoms with E-state index < -0.39 is 30.1 Å². The van der Waals surface area contributed by atoms with E-state index in [-0.39, 0.29) is 25.0 Å². The van der Waals surface area contributed by atoms with Crippen molar-refractivity contribution >= 4 is 61.0 Å². The highest BCUT2D eigenvalue weighted by Gasteiger charge is 2.46. The molecule has 9 heteroatoms. The lowest BCUT2D eigenvalue weighted by Crippen LogP contribution is -2.52. The molecule has 1 atom stereocenters. The highest BCUT2D eigenvalue weighted by atomic mass is 32.1. The van der Waals surface area contributed by atoms with Gasteiger partial charge in [0.1, 0.15) is 13.2 Å². The van der Waals surface area contributed by atoms with Crippen LogP contribution in [-0.4, -0.2) is 47.4 Å². The van der Waals surface area contributed by atoms with Crippen LogP contribution in [-0.2, 0) is 14.3 Å². The number of carboxylic acids is 1. The van der Waals surface area contributed by atoms with Crippen LogP contribution in [0.3, 0.4) is 0 Å². The summed E-state index contributed by atoms with van der Waals surface area (Å²) in [4.78, 5) is 44.3. The Morgan fingerprint density at radius 2 is 0.862 bits per heavy atom. The van der Waals surface area contributed by atoms with Crippen LogP contribution >= 0.6 is 22.7 Å². The third kappa shape index (κ3) is 5.97. The monoisotopic (exact) mass is 797 g/mol. The van der Waals surface area contributed by atoms with Crippen LogP contribution in [0.25, 0.3) is 42.4 Å². The highest BCUT2D eigenvalue weighted by molar-refractivity contribution is 7.17. The third-order valence-corrected chi connectivity index (χ3v) is 13.6. The number of hydrogen-bond acceptors (Lipinski definition) is 7. The first-order valence-corrected chi connectivity index (χ1v) is 20.9. The van der Waals surface area contributed by atoms with E-state index in [1.54, 1.807) is 0 Å². The zero-order chi connectivity index (χ0) is 39.3. The fraction of sp³-hybridized carbons (Fsp3) is 0.122. The molecule has 2 amide bonds. The predicted molar refractivity (Wildman–Crippen MR) is 229 cm³/mol. The van der Waals surface area contributed by atoms with Crippen molar-refractivity contribution in [1.82, 2.24) is 4.90 Å². The minimum absolute atomic E-state index is 0.111. The molecular weight excluding hydrogens is 763 g/mol. The van der Waals surface area contributed by atoms with Gasteiger partial charge < -0.3 is 14.6 Å². The van der Waals surface area contributed by atoms with Crippen molar-refractivity contribution in [1.29, 1.82) is 0 Å². The maximum atomic E-state index is 14.8. The van der Waals surface area contributed by atoms with Crippen LogP contribution in [0, 0.1) is 0 Å². The van der Waals surface area contributed by atoms with Gasteiger partial charge in [-0.1, -0.05) is 133 Å². The van der Waals surface area contributed by atoms with Crippen molar-refractivity contribution in [3.63, 3.8) is 0 Å². The molecule has 1 N–H and O–H groups in total. The molecule has 284 valence electrons. The van der Waals surface area contributed by atoms with Gasteiger partial charge in [-0.25, -0.2) is 14.4 Å². The molecule has 0 spiro atoms. The molecule has 0 fully saturated rings. The van der Waals surface area contributed by atoms with E-state index in [1.165, 1.54) is 22.7 Å². The fourth-order valence-electron chi connectivity index (χ4n) is 9.02. The van der Waals surface area contributed by atoms with E-state index >= 15 is 0 Å². The lowest BCUT2D eigenvalue weighted by Gasteiger charge is -2.32. The van der Waals surface area contributed by atoms with Crippen LogP contribution in [0.2, 0.25) is 0 Å². The molecule has 58 heavy (non-hydrogen) atoms. The zero-order valence-electron chi connectivity index (χ0n) is 31.0. The van der Waals surface area contributed by atoms with Crippen molar-refractivity contribution in [3.8, 4) is 22.3 Å². The highest BCUT2D eigenvalue weighted by Crippen LogP contribution is 2.47. The summed E-state index contributed by atoms with van der Waals surface area (Å²) >= 11 is 2.98. The number of amides is 2. The van der Waals surface area contributed by atoms with Gasteiger partial charge in [0.25, 0.3) is 0 Å². The summed E-state index contributed by atoms with van der Waals surface area (Å²) in [6.07, 6.45) is -2.17. The Kier molecular flexibility index (Phi) is 9.11. The minimum atomic E-state index is -1.73. The second-order valence-corrected chi connectivity index (χ2v) is 16.4. The van der Waals surface area contributed by atoms with Crippen LogP contribution < -0.4 is 0 Å². The molecule has 2 aliphatic rings. The first-order valence-electron chi connectivity index (χ1n) is 19.1. The summed E-state index contributed by atoms with van der Waals surface area (Å²) in [6.45, 7) is -0.223. The quantitative estimate of drug-likeness (QED) is 0.156. The lowest BCUT2D eigenvalue weighted by molar-refractivity contribution is -0.142. The Bertz CT molecular complexity index is 2620. The summed E-state index contributed by atoms with van der Waals surface area (Å²) < 4.78 is 14.2. The van der Waals surface area contributed by atoms with Gasteiger partial charge in [-0.15, -0.1) is 22.7 Å². The van der Waals surface area contributed by atoms with E-state index in [1.807, 2.05) is 156 Å². The number of hydrogen-bond donors (Lipinski definition) is 1. The molecule has 0 saturated carbocycles. The van der Waals surface area contributed by atoms with Gasteiger partial charge in [-0.2, -0.15) is 4.90 Å². The van der Waals surface area contributed by atoms with E-state index in [4.69, 9.17) is 9.47 Å². The van der Waals surface area contributed by atoms with Gasteiger partial charge in [-0.3, -0.25) is 0 Å². The number of thiophene rings is 2. The number of rotatable bonds is 9. The molecule has 8 aromatic rings. The molecule has 10 rings (SSSR count). The normalized spacial score (nSPS) is 13.5. The second kappa shape index (κ2) is 14.8. The number of benzene rings is 6. The van der Waals surface area contributed by atoms with Crippen molar-refractivity contribution < 1.29 is 29.0 Å². The molecule has 2 aliphatic carbocycles. The Morgan fingerprint density at radius 1 is 0.517 bits per heavy atom. The van der Waals surface area contributed by atoms with Crippen LogP contribution in [0.15, 0.2) is 156 Å². The maximum Gasteiger partial charge on any atom is 0.420 e. The molecule has 0 aliphatic heterocycles. The van der Waals surface area contributed by atoms with E-state index in [9.17, 15) is 19.5 Å². The molecule has 2 aromatic heterocycles. The molecule has 6 aromatic carbocycles. The van der Waals surface area contributed by atoms with Gasteiger partial charge >= 0.3 is 18.2 Å². The van der Waals surface area contributed by atoms with Crippen LogP contribution in [0.4, 0.5) is 9.59 Å². The van der Waals surface area contributed by atoms with Gasteiger partial charge in [0.2, 0.25) is 0 Å². The Hall–Kier alpha value is -6.55. The number of nitrogens with zero attached hydrogens (tertiary/aromatic N) is 1. The van der Waals surface area contributed by atoms with Crippen molar-refractivity contribution in [3.05, 3.63) is 190 Å². The third-order valence-electron chi connectivity index (χ3n) is 11.6. The topological polar surface area (TPSA) is 93.1 Å². The molecule has 0 saturated heterocycles. The zero-order valence-corrected chi connectivity index (χ0v) is 32.6. The predicted octanol–water partition coefficient (Wildman–Crippen LogP) is 11.9. The lowest BCUT2D eigenvalue weighted by atomic mass is 9.84. The number of carboxylic acid groups (broad SMARTS) is 1. The van der Waals surface area contributed by atoms with E-state index in [0.717, 1.165) is 64.7 Å². The van der Waals surface area contributed by atoms with Crippen LogP contribution in [0.5, 0.6) is 0 Å². The molecule has 2 heterocycles. The Balaban J connectivity index is 1.07. The second-order valence-electron chi connectivity index (χ2n) is 14.6. The average Bonchev–Trinajstić information content (AvgIpc) is 4.04. The van der Waals surface area contributed by atoms with Crippen molar-refractivity contribution in [2.24, 2.45) is 0 Å². The first kappa shape index (κ1) is 35.8. The molecule has 7 nitrogen and oxygen atoms in total. The van der Waals surface area contributed by atoms with Gasteiger partial charge in [-0.05, 0) is 89.3 Å². The Labute approximate surface area is 342 Å².